The third-order valence-corrected chi connectivity index (χ3v) is 6.59. The van der Waals surface area contributed by atoms with Crippen molar-refractivity contribution < 1.29 is 5.11 Å². The molecule has 3 heteroatoms. The van der Waals surface area contributed by atoms with Crippen LogP contribution in [0.1, 0.15) is 36.1 Å². The van der Waals surface area contributed by atoms with Gasteiger partial charge in [0.2, 0.25) is 0 Å². The number of thiophene rings is 1. The number of hydrogen-bond donors (Lipinski definition) is 1. The predicted octanol–water partition coefficient (Wildman–Crippen LogP) is 4.30. The highest BCUT2D eigenvalue weighted by atomic mass is 32.1. The van der Waals surface area contributed by atoms with E-state index in [9.17, 15) is 5.11 Å². The Bertz CT molecular complexity index is 585. The Morgan fingerprint density at radius 2 is 1.83 bits per heavy atom. The van der Waals surface area contributed by atoms with Crippen molar-refractivity contribution in [2.24, 2.45) is 5.92 Å². The van der Waals surface area contributed by atoms with Gasteiger partial charge >= 0.3 is 0 Å². The molecule has 1 aromatic heterocycles. The zero-order valence-electron chi connectivity index (χ0n) is 14.1. The molecule has 1 atom stereocenters. The summed E-state index contributed by atoms with van der Waals surface area (Å²) in [5.41, 5.74) is 1.40. The van der Waals surface area contributed by atoms with E-state index in [4.69, 9.17) is 0 Å². The predicted molar refractivity (Wildman–Crippen MR) is 97.8 cm³/mol. The highest BCUT2D eigenvalue weighted by Gasteiger charge is 2.40. The van der Waals surface area contributed by atoms with E-state index in [1.807, 2.05) is 17.4 Å². The molecular formula is C20H27NOS. The molecular weight excluding hydrogens is 302 g/mol. The molecule has 0 aliphatic heterocycles. The van der Waals surface area contributed by atoms with Crippen LogP contribution in [0.2, 0.25) is 0 Å². The Hall–Kier alpha value is -1.16. The molecule has 0 radical (unpaired) electrons. The van der Waals surface area contributed by atoms with Crippen LogP contribution in [0.4, 0.5) is 0 Å². The molecule has 2 aromatic rings. The van der Waals surface area contributed by atoms with E-state index < -0.39 is 0 Å². The highest BCUT2D eigenvalue weighted by Crippen LogP contribution is 2.45. The molecule has 0 bridgehead atoms. The first-order chi connectivity index (χ1) is 11.1. The average Bonchev–Trinajstić information content (AvgIpc) is 3.10. The molecule has 3 rings (SSSR count). The molecule has 1 saturated carbocycles. The maximum Gasteiger partial charge on any atom is 0.0608 e. The van der Waals surface area contributed by atoms with Gasteiger partial charge in [-0.25, -0.2) is 0 Å². The summed E-state index contributed by atoms with van der Waals surface area (Å²) < 4.78 is 0. The van der Waals surface area contributed by atoms with Crippen molar-refractivity contribution in [1.82, 2.24) is 4.90 Å². The third-order valence-electron chi connectivity index (χ3n) is 5.53. The SMILES string of the molecule is CN(C)C1(c2cccs2)CCC(C(O)Cc2ccccc2)CC1. The van der Waals surface area contributed by atoms with Gasteiger partial charge in [-0.1, -0.05) is 36.4 Å². The van der Waals surface area contributed by atoms with Crippen molar-refractivity contribution in [3.05, 3.63) is 58.3 Å². The lowest BCUT2D eigenvalue weighted by Crippen LogP contribution is -2.45. The summed E-state index contributed by atoms with van der Waals surface area (Å²) in [6.45, 7) is 0. The molecule has 2 nitrogen and oxygen atoms in total. The van der Waals surface area contributed by atoms with E-state index in [1.165, 1.54) is 10.4 Å². The number of aliphatic hydroxyl groups is 1. The van der Waals surface area contributed by atoms with Gasteiger partial charge in [0.15, 0.2) is 0 Å². The first-order valence-electron chi connectivity index (χ1n) is 8.55. The fraction of sp³-hybridized carbons (Fsp3) is 0.500. The average molecular weight is 330 g/mol. The number of rotatable bonds is 5. The standard InChI is InChI=1S/C20H27NOS/c1-21(2)20(19-9-6-14-23-19)12-10-17(11-13-20)18(22)15-16-7-4-3-5-8-16/h3-9,14,17-18,22H,10-13,15H2,1-2H3. The molecule has 1 unspecified atom stereocenters. The molecule has 0 amide bonds. The molecule has 1 heterocycles. The highest BCUT2D eigenvalue weighted by molar-refractivity contribution is 7.10. The van der Waals surface area contributed by atoms with Gasteiger partial charge in [-0.2, -0.15) is 0 Å². The van der Waals surface area contributed by atoms with Crippen molar-refractivity contribution in [2.75, 3.05) is 14.1 Å². The van der Waals surface area contributed by atoms with Crippen LogP contribution in [0.3, 0.4) is 0 Å². The Morgan fingerprint density at radius 3 is 2.39 bits per heavy atom. The number of hydrogen-bond acceptors (Lipinski definition) is 3. The monoisotopic (exact) mass is 329 g/mol. The van der Waals surface area contributed by atoms with Crippen LogP contribution >= 0.6 is 11.3 Å². The zero-order chi connectivity index (χ0) is 16.3. The first-order valence-corrected chi connectivity index (χ1v) is 9.43. The number of benzene rings is 1. The van der Waals surface area contributed by atoms with Crippen LogP contribution in [0, 0.1) is 5.92 Å². The van der Waals surface area contributed by atoms with Gasteiger partial charge in [0, 0.05) is 4.88 Å². The molecule has 1 aromatic carbocycles. The van der Waals surface area contributed by atoms with Crippen LogP contribution in [0.25, 0.3) is 0 Å². The first kappa shape index (κ1) is 16.7. The molecule has 0 saturated heterocycles. The molecule has 1 aliphatic rings. The minimum Gasteiger partial charge on any atom is -0.392 e. The van der Waals surface area contributed by atoms with Crippen LogP contribution in [0.5, 0.6) is 0 Å². The number of aliphatic hydroxyl groups excluding tert-OH is 1. The second-order valence-corrected chi connectivity index (χ2v) is 7.95. The molecule has 1 fully saturated rings. The van der Waals surface area contributed by atoms with E-state index in [2.05, 4.69) is 60.8 Å². The van der Waals surface area contributed by atoms with Crippen LogP contribution in [-0.4, -0.2) is 30.2 Å². The third kappa shape index (κ3) is 3.52. The van der Waals surface area contributed by atoms with Gasteiger partial charge in [0.1, 0.15) is 0 Å². The Morgan fingerprint density at radius 1 is 1.13 bits per heavy atom. The van der Waals surface area contributed by atoms with E-state index in [1.54, 1.807) is 0 Å². The summed E-state index contributed by atoms with van der Waals surface area (Å²) in [5.74, 6) is 0.420. The Kier molecular flexibility index (Phi) is 5.20. The molecule has 0 spiro atoms. The smallest absolute Gasteiger partial charge is 0.0608 e. The summed E-state index contributed by atoms with van der Waals surface area (Å²) in [6, 6.07) is 14.8. The second kappa shape index (κ2) is 7.16. The normalized spacial score (nSPS) is 26.3. The van der Waals surface area contributed by atoms with Gasteiger partial charge in [0.25, 0.3) is 0 Å². The van der Waals surface area contributed by atoms with E-state index >= 15 is 0 Å². The Labute approximate surface area is 143 Å². The van der Waals surface area contributed by atoms with Crippen molar-refractivity contribution in [1.29, 1.82) is 0 Å². The van der Waals surface area contributed by atoms with Crippen LogP contribution in [0.15, 0.2) is 47.8 Å². The van der Waals surface area contributed by atoms with E-state index in [0.717, 1.165) is 32.1 Å². The fourth-order valence-electron chi connectivity index (χ4n) is 3.98. The summed E-state index contributed by atoms with van der Waals surface area (Å²) >= 11 is 1.86. The fourth-order valence-corrected chi connectivity index (χ4v) is 5.05. The number of nitrogens with zero attached hydrogens (tertiary/aromatic N) is 1. The van der Waals surface area contributed by atoms with Crippen molar-refractivity contribution in [3.8, 4) is 0 Å². The second-order valence-electron chi connectivity index (χ2n) is 7.00. The van der Waals surface area contributed by atoms with E-state index in [-0.39, 0.29) is 11.6 Å². The van der Waals surface area contributed by atoms with Gasteiger partial charge in [-0.15, -0.1) is 11.3 Å². The summed E-state index contributed by atoms with van der Waals surface area (Å²) in [6.07, 6.45) is 5.03. The minimum absolute atomic E-state index is 0.164. The topological polar surface area (TPSA) is 23.5 Å². The summed E-state index contributed by atoms with van der Waals surface area (Å²) in [5, 5.41) is 12.8. The lowest BCUT2D eigenvalue weighted by Gasteiger charge is -2.45. The largest absolute Gasteiger partial charge is 0.392 e. The lowest BCUT2D eigenvalue weighted by molar-refractivity contribution is 0.0254. The minimum atomic E-state index is -0.221. The molecule has 1 aliphatic carbocycles. The lowest BCUT2D eigenvalue weighted by atomic mass is 9.72. The van der Waals surface area contributed by atoms with Gasteiger partial charge in [-0.3, -0.25) is 4.90 Å². The van der Waals surface area contributed by atoms with Crippen LogP contribution < -0.4 is 0 Å². The van der Waals surface area contributed by atoms with Crippen molar-refractivity contribution in [2.45, 2.75) is 43.7 Å². The summed E-state index contributed by atoms with van der Waals surface area (Å²) in [7, 11) is 4.39. The van der Waals surface area contributed by atoms with E-state index in [0.29, 0.717) is 5.92 Å². The van der Waals surface area contributed by atoms with Gasteiger partial charge in [-0.05, 0) is 69.1 Å². The Balaban J connectivity index is 1.65. The molecule has 1 N–H and O–H groups in total. The quantitative estimate of drug-likeness (QED) is 0.884. The van der Waals surface area contributed by atoms with Crippen molar-refractivity contribution >= 4 is 11.3 Å². The zero-order valence-corrected chi connectivity index (χ0v) is 14.9. The molecule has 23 heavy (non-hydrogen) atoms. The maximum absolute atomic E-state index is 10.7. The van der Waals surface area contributed by atoms with Crippen LogP contribution in [-0.2, 0) is 12.0 Å². The maximum atomic E-state index is 10.7. The van der Waals surface area contributed by atoms with Crippen molar-refractivity contribution in [3.63, 3.8) is 0 Å². The van der Waals surface area contributed by atoms with Gasteiger partial charge in [0.05, 0.1) is 11.6 Å². The molecule has 124 valence electrons. The summed E-state index contributed by atoms with van der Waals surface area (Å²) in [4.78, 5) is 3.86. The van der Waals surface area contributed by atoms with Gasteiger partial charge < -0.3 is 5.11 Å².